The fourth-order valence-corrected chi connectivity index (χ4v) is 3.54. The third-order valence-electron chi connectivity index (χ3n) is 3.48. The molecule has 3 rings (SSSR count). The molecule has 2 aromatic carbocycles. The molecule has 1 heterocycles. The zero-order valence-electron chi connectivity index (χ0n) is 11.7. The molecule has 3 aromatic rings. The average molecular weight is 318 g/mol. The van der Waals surface area contributed by atoms with Crippen molar-refractivity contribution in [3.63, 3.8) is 0 Å². The van der Waals surface area contributed by atoms with Crippen molar-refractivity contribution < 1.29 is 4.74 Å². The molecule has 0 saturated heterocycles. The van der Waals surface area contributed by atoms with E-state index in [-0.39, 0.29) is 0 Å². The van der Waals surface area contributed by atoms with Crippen molar-refractivity contribution in [3.8, 4) is 5.75 Å². The molecule has 0 aliphatic rings. The number of ether oxygens (including phenoxy) is 1. The normalized spacial score (nSPS) is 11.0. The molecule has 2 N–H and O–H groups in total. The summed E-state index contributed by atoms with van der Waals surface area (Å²) in [7, 11) is 0. The van der Waals surface area contributed by atoms with E-state index in [9.17, 15) is 0 Å². The summed E-state index contributed by atoms with van der Waals surface area (Å²) in [6, 6.07) is 14.1. The minimum Gasteiger partial charge on any atom is -0.489 e. The quantitative estimate of drug-likeness (QED) is 0.742. The van der Waals surface area contributed by atoms with Crippen molar-refractivity contribution in [3.05, 3.63) is 63.5 Å². The molecule has 0 unspecified atom stereocenters. The molecule has 0 atom stereocenters. The minimum absolute atomic E-state index is 0.525. The fraction of sp³-hybridized carbons (Fsp3) is 0.176. The Morgan fingerprint density at radius 3 is 2.76 bits per heavy atom. The molecule has 0 saturated carbocycles. The van der Waals surface area contributed by atoms with Gasteiger partial charge in [-0.05, 0) is 42.1 Å². The van der Waals surface area contributed by atoms with Gasteiger partial charge in [0.15, 0.2) is 0 Å². The number of benzene rings is 2. The average Bonchev–Trinajstić information content (AvgIpc) is 2.86. The lowest BCUT2D eigenvalue weighted by molar-refractivity contribution is 0.307. The van der Waals surface area contributed by atoms with E-state index in [1.165, 1.54) is 20.5 Å². The Hall–Kier alpha value is -1.55. The summed E-state index contributed by atoms with van der Waals surface area (Å²) in [6.45, 7) is 3.04. The first-order valence-corrected chi connectivity index (χ1v) is 7.97. The monoisotopic (exact) mass is 317 g/mol. The molecule has 21 heavy (non-hydrogen) atoms. The number of aryl methyl sites for hydroxylation is 1. The molecule has 0 aliphatic heterocycles. The van der Waals surface area contributed by atoms with Crippen LogP contribution in [-0.4, -0.2) is 0 Å². The lowest BCUT2D eigenvalue weighted by Gasteiger charge is -2.09. The molecule has 0 spiro atoms. The molecule has 0 bridgehead atoms. The van der Waals surface area contributed by atoms with Crippen LogP contribution in [0.25, 0.3) is 10.1 Å². The predicted octanol–water partition coefficient (Wildman–Crippen LogP) is 4.90. The van der Waals surface area contributed by atoms with Crippen LogP contribution in [0.15, 0.2) is 42.5 Å². The molecular formula is C17H16ClNOS. The van der Waals surface area contributed by atoms with Crippen LogP contribution in [-0.2, 0) is 13.2 Å². The molecule has 0 aliphatic carbocycles. The summed E-state index contributed by atoms with van der Waals surface area (Å²) in [5, 5.41) is 1.99. The maximum atomic E-state index is 6.04. The van der Waals surface area contributed by atoms with Gasteiger partial charge in [-0.2, -0.15) is 0 Å². The lowest BCUT2D eigenvalue weighted by Crippen LogP contribution is -2.01. The summed E-state index contributed by atoms with van der Waals surface area (Å²) in [5.74, 6) is 0.829. The first-order valence-electron chi connectivity index (χ1n) is 6.77. The topological polar surface area (TPSA) is 35.2 Å². The van der Waals surface area contributed by atoms with Gasteiger partial charge in [0.25, 0.3) is 0 Å². The van der Waals surface area contributed by atoms with Crippen LogP contribution in [0, 0.1) is 6.92 Å². The number of halogens is 1. The summed E-state index contributed by atoms with van der Waals surface area (Å²) in [6.07, 6.45) is 0. The van der Waals surface area contributed by atoms with Gasteiger partial charge in [-0.25, -0.2) is 0 Å². The van der Waals surface area contributed by atoms with E-state index in [0.717, 1.165) is 16.3 Å². The van der Waals surface area contributed by atoms with Gasteiger partial charge in [-0.3, -0.25) is 0 Å². The summed E-state index contributed by atoms with van der Waals surface area (Å²) in [4.78, 5) is 1.18. The molecule has 108 valence electrons. The predicted molar refractivity (Wildman–Crippen MR) is 90.2 cm³/mol. The number of thiophene rings is 1. The van der Waals surface area contributed by atoms with Crippen LogP contribution in [0.3, 0.4) is 0 Å². The summed E-state index contributed by atoms with van der Waals surface area (Å²) in [5.41, 5.74) is 8.07. The Bertz CT molecular complexity index is 782. The first-order chi connectivity index (χ1) is 10.2. The zero-order chi connectivity index (χ0) is 14.8. The van der Waals surface area contributed by atoms with Crippen LogP contribution < -0.4 is 10.5 Å². The Labute approximate surface area is 133 Å². The summed E-state index contributed by atoms with van der Waals surface area (Å²) >= 11 is 7.77. The Morgan fingerprint density at radius 2 is 2.00 bits per heavy atom. The Kier molecular flexibility index (Phi) is 4.15. The third kappa shape index (κ3) is 2.91. The number of hydrogen-bond donors (Lipinski definition) is 1. The Balaban J connectivity index is 1.89. The summed E-state index contributed by atoms with van der Waals surface area (Å²) < 4.78 is 7.18. The molecule has 0 radical (unpaired) electrons. The number of hydrogen-bond acceptors (Lipinski definition) is 3. The molecule has 2 nitrogen and oxygen atoms in total. The first kappa shape index (κ1) is 14.4. The molecule has 4 heteroatoms. The SMILES string of the molecule is Cc1cc(OCc2c(CN)sc3ccccc23)ccc1Cl. The van der Waals surface area contributed by atoms with E-state index in [4.69, 9.17) is 22.1 Å². The van der Waals surface area contributed by atoms with Gasteiger partial charge in [0, 0.05) is 26.7 Å². The highest BCUT2D eigenvalue weighted by molar-refractivity contribution is 7.19. The van der Waals surface area contributed by atoms with Gasteiger partial charge in [0.05, 0.1) is 0 Å². The fourth-order valence-electron chi connectivity index (χ4n) is 2.34. The van der Waals surface area contributed by atoms with Gasteiger partial charge in [0.1, 0.15) is 12.4 Å². The molecule has 0 fully saturated rings. The smallest absolute Gasteiger partial charge is 0.120 e. The Morgan fingerprint density at radius 1 is 1.19 bits per heavy atom. The minimum atomic E-state index is 0.525. The van der Waals surface area contributed by atoms with Crippen molar-refractivity contribution in [1.29, 1.82) is 0 Å². The zero-order valence-corrected chi connectivity index (χ0v) is 13.3. The highest BCUT2D eigenvalue weighted by atomic mass is 35.5. The van der Waals surface area contributed by atoms with Gasteiger partial charge >= 0.3 is 0 Å². The van der Waals surface area contributed by atoms with E-state index in [1.54, 1.807) is 11.3 Å². The maximum Gasteiger partial charge on any atom is 0.120 e. The van der Waals surface area contributed by atoms with Crippen LogP contribution in [0.1, 0.15) is 16.0 Å². The van der Waals surface area contributed by atoms with E-state index in [0.29, 0.717) is 13.2 Å². The molecule has 0 amide bonds. The van der Waals surface area contributed by atoms with Gasteiger partial charge in [-0.15, -0.1) is 11.3 Å². The van der Waals surface area contributed by atoms with Gasteiger partial charge in [-0.1, -0.05) is 29.8 Å². The van der Waals surface area contributed by atoms with E-state index < -0.39 is 0 Å². The second-order valence-corrected chi connectivity index (χ2v) is 6.45. The lowest BCUT2D eigenvalue weighted by atomic mass is 10.1. The van der Waals surface area contributed by atoms with Crippen molar-refractivity contribution >= 4 is 33.0 Å². The number of rotatable bonds is 4. The second kappa shape index (κ2) is 6.06. The second-order valence-electron chi connectivity index (χ2n) is 4.90. The molecular weight excluding hydrogens is 302 g/mol. The van der Waals surface area contributed by atoms with Crippen molar-refractivity contribution in [2.75, 3.05) is 0 Å². The number of fused-ring (bicyclic) bond motifs is 1. The van der Waals surface area contributed by atoms with Crippen LogP contribution in [0.5, 0.6) is 5.75 Å². The highest BCUT2D eigenvalue weighted by Gasteiger charge is 2.11. The highest BCUT2D eigenvalue weighted by Crippen LogP contribution is 2.32. The van der Waals surface area contributed by atoms with Gasteiger partial charge < -0.3 is 10.5 Å². The van der Waals surface area contributed by atoms with Crippen LogP contribution >= 0.6 is 22.9 Å². The van der Waals surface area contributed by atoms with Crippen LogP contribution in [0.4, 0.5) is 0 Å². The van der Waals surface area contributed by atoms with Gasteiger partial charge in [0.2, 0.25) is 0 Å². The maximum absolute atomic E-state index is 6.04. The van der Waals surface area contributed by atoms with Crippen LogP contribution in [0.2, 0.25) is 5.02 Å². The third-order valence-corrected chi connectivity index (χ3v) is 5.14. The largest absolute Gasteiger partial charge is 0.489 e. The van der Waals surface area contributed by atoms with Crippen molar-refractivity contribution in [1.82, 2.24) is 0 Å². The number of nitrogens with two attached hydrogens (primary N) is 1. The van der Waals surface area contributed by atoms with Crippen molar-refractivity contribution in [2.24, 2.45) is 5.73 Å². The van der Waals surface area contributed by atoms with Crippen molar-refractivity contribution in [2.45, 2.75) is 20.1 Å². The molecule has 1 aromatic heterocycles. The standard InChI is InChI=1S/C17H16ClNOS/c1-11-8-12(6-7-15(11)18)20-10-14-13-4-2-3-5-16(13)21-17(14)9-19/h2-8H,9-10,19H2,1H3. The van der Waals surface area contributed by atoms with E-state index in [1.807, 2.05) is 37.3 Å². The van der Waals surface area contributed by atoms with E-state index >= 15 is 0 Å². The van der Waals surface area contributed by atoms with E-state index in [2.05, 4.69) is 12.1 Å².